The Morgan fingerprint density at radius 1 is 1.16 bits per heavy atom. The van der Waals surface area contributed by atoms with Gasteiger partial charge in [0.2, 0.25) is 17.8 Å². The maximum Gasteiger partial charge on any atom is 0.257 e. The fraction of sp³-hybridized carbons (Fsp3) is 0.150. The summed E-state index contributed by atoms with van der Waals surface area (Å²) < 4.78 is 15.6. The number of methoxy groups -OCH3 is 1. The first kappa shape index (κ1) is 20.3. The van der Waals surface area contributed by atoms with Crippen LogP contribution in [0, 0.1) is 0 Å². The number of hydrogen-bond acceptors (Lipinski definition) is 9. The highest BCUT2D eigenvalue weighted by Crippen LogP contribution is 2.31. The van der Waals surface area contributed by atoms with Crippen LogP contribution >= 0.6 is 11.3 Å². The van der Waals surface area contributed by atoms with Gasteiger partial charge in [-0.25, -0.2) is 5.43 Å². The van der Waals surface area contributed by atoms with Gasteiger partial charge in [0.15, 0.2) is 11.5 Å². The third-order valence-electron chi connectivity index (χ3n) is 4.15. The van der Waals surface area contributed by atoms with Crippen LogP contribution in [0.4, 0.5) is 5.13 Å². The van der Waals surface area contributed by atoms with Crippen molar-refractivity contribution in [2.75, 3.05) is 19.2 Å². The third-order valence-corrected chi connectivity index (χ3v) is 4.99. The van der Waals surface area contributed by atoms with Gasteiger partial charge in [-0.1, -0.05) is 11.3 Å². The van der Waals surface area contributed by atoms with Crippen molar-refractivity contribution < 1.29 is 23.8 Å². The van der Waals surface area contributed by atoms with E-state index in [-0.39, 0.29) is 25.0 Å². The van der Waals surface area contributed by atoms with Gasteiger partial charge in [-0.3, -0.25) is 14.9 Å². The Morgan fingerprint density at radius 3 is 2.77 bits per heavy atom. The summed E-state index contributed by atoms with van der Waals surface area (Å²) in [5, 5.41) is 15.2. The third kappa shape index (κ3) is 5.14. The highest BCUT2D eigenvalue weighted by Gasteiger charge is 2.14. The van der Waals surface area contributed by atoms with Crippen molar-refractivity contribution in [1.29, 1.82) is 0 Å². The number of amides is 2. The normalized spacial score (nSPS) is 12.0. The molecule has 0 saturated carbocycles. The molecule has 10 nitrogen and oxygen atoms in total. The fourth-order valence-electron chi connectivity index (χ4n) is 2.64. The summed E-state index contributed by atoms with van der Waals surface area (Å²) in [7, 11) is 1.55. The molecule has 3 aromatic rings. The van der Waals surface area contributed by atoms with E-state index >= 15 is 0 Å². The number of carbonyl (C=O) groups is 2. The molecule has 11 heteroatoms. The van der Waals surface area contributed by atoms with Crippen LogP contribution in [0.3, 0.4) is 0 Å². The Morgan fingerprint density at radius 2 is 1.97 bits per heavy atom. The summed E-state index contributed by atoms with van der Waals surface area (Å²) in [6.07, 6.45) is 1.48. The summed E-state index contributed by atoms with van der Waals surface area (Å²) in [6.45, 7) is 0.192. The van der Waals surface area contributed by atoms with Crippen molar-refractivity contribution in [1.82, 2.24) is 15.6 Å². The predicted octanol–water partition coefficient (Wildman–Crippen LogP) is 2.22. The first-order valence-corrected chi connectivity index (χ1v) is 9.92. The van der Waals surface area contributed by atoms with E-state index in [4.69, 9.17) is 14.2 Å². The van der Waals surface area contributed by atoms with E-state index in [1.54, 1.807) is 49.6 Å². The molecular formula is C20H17N5O5S. The average molecular weight is 439 g/mol. The topological polar surface area (TPSA) is 124 Å². The zero-order chi connectivity index (χ0) is 21.6. The Balaban J connectivity index is 1.28. The molecule has 2 amide bonds. The van der Waals surface area contributed by atoms with Gasteiger partial charge >= 0.3 is 0 Å². The lowest BCUT2D eigenvalue weighted by Gasteiger charge is -2.02. The highest BCUT2D eigenvalue weighted by atomic mass is 32.1. The Bertz CT molecular complexity index is 1130. The molecule has 1 aliphatic heterocycles. The Labute approximate surface area is 180 Å². The van der Waals surface area contributed by atoms with E-state index in [0.29, 0.717) is 33.0 Å². The molecule has 2 heterocycles. The van der Waals surface area contributed by atoms with Crippen LogP contribution in [0.15, 0.2) is 47.6 Å². The van der Waals surface area contributed by atoms with Crippen molar-refractivity contribution in [2.45, 2.75) is 6.42 Å². The van der Waals surface area contributed by atoms with Crippen molar-refractivity contribution >= 4 is 34.5 Å². The second-order valence-electron chi connectivity index (χ2n) is 6.27. The lowest BCUT2D eigenvalue weighted by atomic mass is 10.2. The number of benzene rings is 2. The molecule has 1 aromatic heterocycles. The van der Waals surface area contributed by atoms with Gasteiger partial charge in [-0.15, -0.1) is 10.2 Å². The van der Waals surface area contributed by atoms with E-state index in [0.717, 1.165) is 16.9 Å². The number of anilines is 1. The number of hydrazone groups is 1. The number of hydrogen-bond donors (Lipinski definition) is 2. The summed E-state index contributed by atoms with van der Waals surface area (Å²) in [6, 6.07) is 12.0. The Kier molecular flexibility index (Phi) is 6.03. The van der Waals surface area contributed by atoms with E-state index in [9.17, 15) is 9.59 Å². The summed E-state index contributed by atoms with van der Waals surface area (Å²) >= 11 is 1.11. The molecule has 2 aromatic carbocycles. The quantitative estimate of drug-likeness (QED) is 0.427. The molecule has 0 fully saturated rings. The van der Waals surface area contributed by atoms with Gasteiger partial charge in [0.1, 0.15) is 10.8 Å². The van der Waals surface area contributed by atoms with Gasteiger partial charge in [0.25, 0.3) is 5.91 Å². The van der Waals surface area contributed by atoms with Crippen molar-refractivity contribution in [2.24, 2.45) is 5.10 Å². The maximum atomic E-state index is 12.3. The van der Waals surface area contributed by atoms with Crippen molar-refractivity contribution in [3.63, 3.8) is 0 Å². The molecule has 0 aliphatic carbocycles. The van der Waals surface area contributed by atoms with Crippen LogP contribution in [0.2, 0.25) is 0 Å². The minimum Gasteiger partial charge on any atom is -0.497 e. The van der Waals surface area contributed by atoms with Gasteiger partial charge in [-0.05, 0) is 48.0 Å². The van der Waals surface area contributed by atoms with Crippen molar-refractivity contribution in [3.8, 4) is 17.2 Å². The first-order chi connectivity index (χ1) is 15.1. The molecule has 31 heavy (non-hydrogen) atoms. The fourth-order valence-corrected chi connectivity index (χ4v) is 3.37. The van der Waals surface area contributed by atoms with Gasteiger partial charge in [-0.2, -0.15) is 5.10 Å². The average Bonchev–Trinajstić information content (AvgIpc) is 3.42. The van der Waals surface area contributed by atoms with Crippen molar-refractivity contribution in [3.05, 3.63) is 58.6 Å². The first-order valence-electron chi connectivity index (χ1n) is 9.10. The number of aromatic nitrogens is 2. The molecule has 0 spiro atoms. The van der Waals surface area contributed by atoms with Crippen LogP contribution in [0.1, 0.15) is 20.9 Å². The molecule has 158 valence electrons. The van der Waals surface area contributed by atoms with E-state index in [1.807, 2.05) is 0 Å². The number of rotatable bonds is 7. The summed E-state index contributed by atoms with van der Waals surface area (Å²) in [5.41, 5.74) is 3.64. The van der Waals surface area contributed by atoms with E-state index in [1.165, 1.54) is 6.21 Å². The zero-order valence-corrected chi connectivity index (χ0v) is 17.1. The van der Waals surface area contributed by atoms with Gasteiger partial charge < -0.3 is 14.2 Å². The maximum absolute atomic E-state index is 12.3. The van der Waals surface area contributed by atoms with Gasteiger partial charge in [0, 0.05) is 5.56 Å². The second kappa shape index (κ2) is 9.22. The predicted molar refractivity (Wildman–Crippen MR) is 113 cm³/mol. The van der Waals surface area contributed by atoms with E-state index < -0.39 is 0 Å². The zero-order valence-electron chi connectivity index (χ0n) is 16.3. The van der Waals surface area contributed by atoms with E-state index in [2.05, 4.69) is 26.0 Å². The molecule has 0 unspecified atom stereocenters. The van der Waals surface area contributed by atoms with Gasteiger partial charge in [0.05, 0.1) is 19.7 Å². The van der Waals surface area contributed by atoms with Crippen LogP contribution in [-0.2, 0) is 11.2 Å². The molecule has 4 rings (SSSR count). The minimum absolute atomic E-state index is 0.0193. The number of ether oxygens (including phenoxy) is 3. The number of nitrogens with one attached hydrogen (secondary N) is 2. The smallest absolute Gasteiger partial charge is 0.257 e. The van der Waals surface area contributed by atoms with Crippen LogP contribution in [0.25, 0.3) is 0 Å². The standard InChI is InChI=1S/C20H17N5O5S/c1-28-14-5-3-13(4-6-14)19(27)22-20-25-24-18(31-20)9-17(26)23-21-10-12-2-7-15-16(8-12)30-11-29-15/h2-8,10H,9,11H2,1H3,(H,23,26)(H,22,25,27). The molecule has 2 N–H and O–H groups in total. The Hall–Kier alpha value is -3.99. The SMILES string of the molecule is COc1ccc(C(=O)Nc2nnc(CC(=O)NN=Cc3ccc4c(c3)OCO4)s2)cc1. The lowest BCUT2D eigenvalue weighted by molar-refractivity contribution is -0.120. The molecule has 0 atom stereocenters. The van der Waals surface area contributed by atoms with Crippen LogP contribution < -0.4 is 25.0 Å². The number of fused-ring (bicyclic) bond motifs is 1. The molecule has 0 saturated heterocycles. The summed E-state index contributed by atoms with van der Waals surface area (Å²) in [4.78, 5) is 24.3. The number of carbonyl (C=O) groups excluding carboxylic acids is 2. The molecule has 0 bridgehead atoms. The van der Waals surface area contributed by atoms with Crippen LogP contribution in [0.5, 0.6) is 17.2 Å². The second-order valence-corrected chi connectivity index (χ2v) is 7.33. The molecule has 1 aliphatic rings. The highest BCUT2D eigenvalue weighted by molar-refractivity contribution is 7.15. The number of nitrogens with zero attached hydrogens (tertiary/aromatic N) is 3. The molecule has 0 radical (unpaired) electrons. The monoisotopic (exact) mass is 439 g/mol. The van der Waals surface area contributed by atoms with Crippen LogP contribution in [-0.4, -0.2) is 42.1 Å². The lowest BCUT2D eigenvalue weighted by Crippen LogP contribution is -2.19. The summed E-state index contributed by atoms with van der Waals surface area (Å²) in [5.74, 6) is 1.27. The minimum atomic E-state index is -0.360. The largest absolute Gasteiger partial charge is 0.497 e. The molecular weight excluding hydrogens is 422 g/mol.